The van der Waals surface area contributed by atoms with Crippen molar-refractivity contribution in [3.63, 3.8) is 0 Å². The van der Waals surface area contributed by atoms with E-state index in [0.29, 0.717) is 0 Å². The molecule has 0 saturated carbocycles. The summed E-state index contributed by atoms with van der Waals surface area (Å²) in [6.45, 7) is 4.00. The third kappa shape index (κ3) is 4.20. The Morgan fingerprint density at radius 3 is 2.22 bits per heavy atom. The normalized spacial score (nSPS) is 20.7. The third-order valence-corrected chi connectivity index (χ3v) is 11.1. The maximum absolute atomic E-state index is 6.84. The predicted molar refractivity (Wildman–Crippen MR) is 206 cm³/mol. The summed E-state index contributed by atoms with van der Waals surface area (Å²) < 4.78 is 0. The van der Waals surface area contributed by atoms with Gasteiger partial charge in [0.1, 0.15) is 0 Å². The van der Waals surface area contributed by atoms with Crippen LogP contribution in [-0.4, -0.2) is 6.04 Å². The molecule has 0 amide bonds. The minimum atomic E-state index is -0.390. The van der Waals surface area contributed by atoms with Gasteiger partial charge in [-0.05, 0) is 104 Å². The lowest BCUT2D eigenvalue weighted by atomic mass is 9.70. The number of hydrogen-bond acceptors (Lipinski definition) is 2. The Hall–Kier alpha value is -5.60. The van der Waals surface area contributed by atoms with Crippen LogP contribution < -0.4 is 11.1 Å². The van der Waals surface area contributed by atoms with E-state index < -0.39 is 5.41 Å². The molecule has 0 radical (unpaired) electrons. The van der Waals surface area contributed by atoms with Gasteiger partial charge in [-0.3, -0.25) is 0 Å². The number of nitrogens with two attached hydrogens (primary N) is 1. The molecule has 0 saturated heterocycles. The Balaban J connectivity index is 0.00000160. The SMILES string of the molecule is CC.N/C(C1=CC=CCC1)=C1/C=CC=CC1Nc1ccc2c(c1)C1(c3ccccc3-2)c2ccccc2-c2c1ccc1c2Cc2ccccc2-1. The van der Waals surface area contributed by atoms with E-state index in [0.717, 1.165) is 36.2 Å². The molecule has 5 aliphatic rings. The van der Waals surface area contributed by atoms with Crippen LogP contribution in [0.3, 0.4) is 0 Å². The van der Waals surface area contributed by atoms with E-state index in [1.807, 2.05) is 13.8 Å². The molecule has 0 bridgehead atoms. The molecule has 5 aromatic rings. The molecule has 3 N–H and O–H groups in total. The van der Waals surface area contributed by atoms with Gasteiger partial charge < -0.3 is 11.1 Å². The Bertz CT molecular complexity index is 2330. The topological polar surface area (TPSA) is 38.0 Å². The van der Waals surface area contributed by atoms with E-state index in [1.54, 1.807) is 0 Å². The minimum Gasteiger partial charge on any atom is -0.398 e. The molecule has 5 aromatic carbocycles. The van der Waals surface area contributed by atoms with Gasteiger partial charge in [0.25, 0.3) is 0 Å². The molecule has 49 heavy (non-hydrogen) atoms. The molecular formula is C47H40N2. The van der Waals surface area contributed by atoms with Crippen molar-refractivity contribution in [2.75, 3.05) is 5.32 Å². The lowest BCUT2D eigenvalue weighted by Crippen LogP contribution is -2.27. The smallest absolute Gasteiger partial charge is 0.0726 e. The molecule has 0 aromatic heterocycles. The molecule has 0 heterocycles. The Labute approximate surface area is 289 Å². The van der Waals surface area contributed by atoms with Gasteiger partial charge in [0.2, 0.25) is 0 Å². The highest BCUT2D eigenvalue weighted by Crippen LogP contribution is 2.64. The van der Waals surface area contributed by atoms with Crippen LogP contribution in [0, 0.1) is 0 Å². The number of nitrogens with one attached hydrogen (secondary N) is 1. The summed E-state index contributed by atoms with van der Waals surface area (Å²) in [4.78, 5) is 0. The van der Waals surface area contributed by atoms with Gasteiger partial charge in [0.05, 0.1) is 11.5 Å². The molecule has 2 heteroatoms. The first-order valence-electron chi connectivity index (χ1n) is 17.8. The van der Waals surface area contributed by atoms with Gasteiger partial charge in [0.15, 0.2) is 0 Å². The molecule has 238 valence electrons. The largest absolute Gasteiger partial charge is 0.398 e. The minimum absolute atomic E-state index is 0.0190. The second-order valence-electron chi connectivity index (χ2n) is 13.3. The van der Waals surface area contributed by atoms with Gasteiger partial charge in [-0.15, -0.1) is 0 Å². The third-order valence-electron chi connectivity index (χ3n) is 11.1. The summed E-state index contributed by atoms with van der Waals surface area (Å²) in [5.74, 6) is 0. The van der Waals surface area contributed by atoms with Crippen molar-refractivity contribution in [2.45, 2.75) is 44.6 Å². The second-order valence-corrected chi connectivity index (χ2v) is 13.3. The fraction of sp³-hybridized carbons (Fsp3) is 0.149. The van der Waals surface area contributed by atoms with Crippen molar-refractivity contribution in [3.05, 3.63) is 196 Å². The first kappa shape index (κ1) is 29.5. The van der Waals surface area contributed by atoms with Gasteiger partial charge in [-0.2, -0.15) is 0 Å². The van der Waals surface area contributed by atoms with E-state index in [4.69, 9.17) is 5.73 Å². The first-order chi connectivity index (χ1) is 24.2. The van der Waals surface area contributed by atoms with Crippen molar-refractivity contribution in [1.29, 1.82) is 0 Å². The molecular weight excluding hydrogens is 593 g/mol. The summed E-state index contributed by atoms with van der Waals surface area (Å²) in [6, 6.07) is 39.0. The molecule has 2 nitrogen and oxygen atoms in total. The van der Waals surface area contributed by atoms with Crippen LogP contribution in [0.25, 0.3) is 33.4 Å². The monoisotopic (exact) mass is 632 g/mol. The zero-order valence-electron chi connectivity index (χ0n) is 28.1. The van der Waals surface area contributed by atoms with Crippen LogP contribution in [-0.2, 0) is 11.8 Å². The van der Waals surface area contributed by atoms with E-state index in [2.05, 4.69) is 151 Å². The summed E-state index contributed by atoms with van der Waals surface area (Å²) in [7, 11) is 0. The number of allylic oxidation sites excluding steroid dienone is 6. The van der Waals surface area contributed by atoms with Gasteiger partial charge in [0, 0.05) is 17.0 Å². The zero-order valence-corrected chi connectivity index (χ0v) is 28.1. The highest BCUT2D eigenvalue weighted by atomic mass is 14.9. The quantitative estimate of drug-likeness (QED) is 0.203. The lowest BCUT2D eigenvalue weighted by Gasteiger charge is -2.31. The van der Waals surface area contributed by atoms with Gasteiger partial charge in [-0.1, -0.05) is 147 Å². The fourth-order valence-corrected chi connectivity index (χ4v) is 9.07. The molecule has 2 atom stereocenters. The van der Waals surface area contributed by atoms with Gasteiger partial charge in [-0.25, -0.2) is 0 Å². The average molecular weight is 633 g/mol. The number of hydrogen-bond donors (Lipinski definition) is 2. The van der Waals surface area contributed by atoms with Crippen molar-refractivity contribution < 1.29 is 0 Å². The molecule has 0 aliphatic heterocycles. The summed E-state index contributed by atoms with van der Waals surface area (Å²) in [5, 5.41) is 3.89. The molecule has 5 aliphatic carbocycles. The molecule has 2 unspecified atom stereocenters. The fourth-order valence-electron chi connectivity index (χ4n) is 9.07. The summed E-state index contributed by atoms with van der Waals surface area (Å²) in [5.41, 5.74) is 27.3. The summed E-state index contributed by atoms with van der Waals surface area (Å²) >= 11 is 0. The number of benzene rings is 5. The second kappa shape index (κ2) is 11.5. The average Bonchev–Trinajstić information content (AvgIpc) is 3.80. The molecule has 10 rings (SSSR count). The predicted octanol–water partition coefficient (Wildman–Crippen LogP) is 11.0. The van der Waals surface area contributed by atoms with Crippen molar-refractivity contribution in [3.8, 4) is 33.4 Å². The van der Waals surface area contributed by atoms with Crippen LogP contribution in [0.15, 0.2) is 163 Å². The first-order valence-corrected chi connectivity index (χ1v) is 17.8. The lowest BCUT2D eigenvalue weighted by molar-refractivity contribution is 0.793. The van der Waals surface area contributed by atoms with Crippen molar-refractivity contribution >= 4 is 5.69 Å². The van der Waals surface area contributed by atoms with Crippen LogP contribution in [0.5, 0.6) is 0 Å². The maximum Gasteiger partial charge on any atom is 0.0726 e. The van der Waals surface area contributed by atoms with Crippen LogP contribution >= 0.6 is 0 Å². The number of anilines is 1. The zero-order chi connectivity index (χ0) is 33.1. The van der Waals surface area contributed by atoms with Crippen LogP contribution in [0.2, 0.25) is 0 Å². The Morgan fingerprint density at radius 1 is 0.694 bits per heavy atom. The van der Waals surface area contributed by atoms with E-state index >= 15 is 0 Å². The van der Waals surface area contributed by atoms with Crippen molar-refractivity contribution in [2.24, 2.45) is 5.73 Å². The van der Waals surface area contributed by atoms with E-state index in [9.17, 15) is 0 Å². The number of fused-ring (bicyclic) bond motifs is 14. The van der Waals surface area contributed by atoms with Crippen molar-refractivity contribution in [1.82, 2.24) is 0 Å². The molecule has 0 fully saturated rings. The number of rotatable bonds is 3. The summed E-state index contributed by atoms with van der Waals surface area (Å²) in [6.07, 6.45) is 18.1. The van der Waals surface area contributed by atoms with Gasteiger partial charge >= 0.3 is 0 Å². The van der Waals surface area contributed by atoms with E-state index in [-0.39, 0.29) is 6.04 Å². The Kier molecular flexibility index (Phi) is 6.95. The van der Waals surface area contributed by atoms with Crippen LogP contribution in [0.1, 0.15) is 60.1 Å². The maximum atomic E-state index is 6.84. The standard InChI is InChI=1S/C45H34N2.C2H6/c46-44(28-12-2-1-3-13-28)36-18-8-11-21-42(36)47-30-22-23-34-33-16-6-9-19-38(33)45(41(34)27-30)39-20-10-7-17-35(39)43-37-26-29-14-4-5-15-31(29)32(37)24-25-40(43)45;1-2/h1-2,4-12,14-25,27,42,47H,3,13,26,46H2;1-2H3/b44-36-;. The molecule has 1 spiro atoms. The highest BCUT2D eigenvalue weighted by Gasteiger charge is 2.52. The van der Waals surface area contributed by atoms with E-state index in [1.165, 1.54) is 72.3 Å². The Morgan fingerprint density at radius 2 is 1.41 bits per heavy atom. The van der Waals surface area contributed by atoms with Crippen LogP contribution in [0.4, 0.5) is 5.69 Å². The highest BCUT2D eigenvalue weighted by molar-refractivity contribution is 5.99.